The molecule has 3 heteroatoms. The van der Waals surface area contributed by atoms with Gasteiger partial charge in [-0.05, 0) is 28.1 Å². The number of aromatic amines is 1. The van der Waals surface area contributed by atoms with Gasteiger partial charge in [0.05, 0.1) is 11.9 Å². The van der Waals surface area contributed by atoms with Crippen molar-refractivity contribution in [2.45, 2.75) is 26.2 Å². The van der Waals surface area contributed by atoms with E-state index in [-0.39, 0.29) is 5.41 Å². The highest BCUT2D eigenvalue weighted by molar-refractivity contribution is 6.28. The van der Waals surface area contributed by atoms with Gasteiger partial charge in [0.1, 0.15) is 0 Å². The van der Waals surface area contributed by atoms with Crippen LogP contribution in [0.25, 0.3) is 11.3 Å². The molecule has 2 nitrogen and oxygen atoms in total. The van der Waals surface area contributed by atoms with Crippen LogP contribution in [0.15, 0.2) is 30.5 Å². The standard InChI is InChI=1S/C13H15ClN2/c1-13(2,3)10-6-4-9(5-7-10)11-8-15-12(14)16-11/h4-8H,1-3H3,(H,15,16). The van der Waals surface area contributed by atoms with Crippen LogP contribution in [0.5, 0.6) is 0 Å². The third-order valence-corrected chi connectivity index (χ3v) is 2.80. The molecule has 0 spiro atoms. The van der Waals surface area contributed by atoms with Crippen LogP contribution in [0.1, 0.15) is 26.3 Å². The molecule has 84 valence electrons. The molecule has 16 heavy (non-hydrogen) atoms. The number of imidazole rings is 1. The fraction of sp³-hybridized carbons (Fsp3) is 0.308. The van der Waals surface area contributed by atoms with Gasteiger partial charge >= 0.3 is 0 Å². The van der Waals surface area contributed by atoms with Crippen molar-refractivity contribution in [3.05, 3.63) is 41.3 Å². The Morgan fingerprint density at radius 3 is 2.19 bits per heavy atom. The van der Waals surface area contributed by atoms with Gasteiger partial charge in [-0.25, -0.2) is 4.98 Å². The smallest absolute Gasteiger partial charge is 0.200 e. The fourth-order valence-corrected chi connectivity index (χ4v) is 1.74. The molecule has 1 aromatic carbocycles. The van der Waals surface area contributed by atoms with Crippen LogP contribution in [0.3, 0.4) is 0 Å². The molecule has 0 radical (unpaired) electrons. The molecule has 0 aliphatic carbocycles. The average molecular weight is 235 g/mol. The zero-order valence-electron chi connectivity index (χ0n) is 9.71. The lowest BCUT2D eigenvalue weighted by atomic mass is 9.86. The van der Waals surface area contributed by atoms with Crippen LogP contribution in [0.4, 0.5) is 0 Å². The largest absolute Gasteiger partial charge is 0.329 e. The second-order valence-electron chi connectivity index (χ2n) is 4.92. The van der Waals surface area contributed by atoms with Crippen LogP contribution < -0.4 is 0 Å². The first kappa shape index (κ1) is 11.2. The van der Waals surface area contributed by atoms with Crippen LogP contribution in [-0.4, -0.2) is 9.97 Å². The van der Waals surface area contributed by atoms with E-state index in [0.29, 0.717) is 5.28 Å². The molecule has 0 saturated carbocycles. The quantitative estimate of drug-likeness (QED) is 0.793. The van der Waals surface area contributed by atoms with Gasteiger partial charge in [-0.1, -0.05) is 45.0 Å². The molecule has 1 heterocycles. The number of rotatable bonds is 1. The summed E-state index contributed by atoms with van der Waals surface area (Å²) in [7, 11) is 0. The van der Waals surface area contributed by atoms with Crippen LogP contribution >= 0.6 is 11.6 Å². The lowest BCUT2D eigenvalue weighted by Crippen LogP contribution is -2.10. The lowest BCUT2D eigenvalue weighted by molar-refractivity contribution is 0.590. The minimum Gasteiger partial charge on any atom is -0.329 e. The Hall–Kier alpha value is -1.28. The summed E-state index contributed by atoms with van der Waals surface area (Å²) in [6.45, 7) is 6.61. The van der Waals surface area contributed by atoms with Crippen LogP contribution in [-0.2, 0) is 5.41 Å². The maximum atomic E-state index is 5.75. The SMILES string of the molecule is CC(C)(C)c1ccc(-c2cnc(Cl)[nH]2)cc1. The zero-order valence-corrected chi connectivity index (χ0v) is 10.5. The first-order chi connectivity index (χ1) is 7.47. The molecule has 1 N–H and O–H groups in total. The summed E-state index contributed by atoms with van der Waals surface area (Å²) in [4.78, 5) is 6.98. The zero-order chi connectivity index (χ0) is 11.8. The van der Waals surface area contributed by atoms with Gasteiger partial charge in [-0.3, -0.25) is 0 Å². The Morgan fingerprint density at radius 2 is 1.75 bits per heavy atom. The predicted octanol–water partition coefficient (Wildman–Crippen LogP) is 4.03. The van der Waals surface area contributed by atoms with E-state index >= 15 is 0 Å². The number of H-pyrrole nitrogens is 1. The highest BCUT2D eigenvalue weighted by Crippen LogP contribution is 2.25. The second kappa shape index (κ2) is 3.95. The van der Waals surface area contributed by atoms with Crippen molar-refractivity contribution in [3.63, 3.8) is 0 Å². The molecule has 0 amide bonds. The van der Waals surface area contributed by atoms with E-state index in [1.807, 2.05) is 0 Å². The number of nitrogens with one attached hydrogen (secondary N) is 1. The van der Waals surface area contributed by atoms with Gasteiger partial charge in [0.2, 0.25) is 0 Å². The van der Waals surface area contributed by atoms with Crippen molar-refractivity contribution in [2.75, 3.05) is 0 Å². The van der Waals surface area contributed by atoms with E-state index in [4.69, 9.17) is 11.6 Å². The first-order valence-electron chi connectivity index (χ1n) is 5.28. The molecular formula is C13H15ClN2. The Morgan fingerprint density at radius 1 is 1.12 bits per heavy atom. The third-order valence-electron chi connectivity index (χ3n) is 2.61. The Balaban J connectivity index is 2.33. The molecule has 0 atom stereocenters. The maximum absolute atomic E-state index is 5.75. The normalized spacial score (nSPS) is 11.8. The summed E-state index contributed by atoms with van der Waals surface area (Å²) >= 11 is 5.75. The Kier molecular flexibility index (Phi) is 2.76. The molecule has 1 aromatic heterocycles. The molecule has 2 rings (SSSR count). The van der Waals surface area contributed by atoms with Gasteiger partial charge < -0.3 is 4.98 Å². The van der Waals surface area contributed by atoms with Crippen molar-refractivity contribution < 1.29 is 0 Å². The summed E-state index contributed by atoms with van der Waals surface area (Å²) in [6.07, 6.45) is 1.74. The minimum absolute atomic E-state index is 0.185. The summed E-state index contributed by atoms with van der Waals surface area (Å²) < 4.78 is 0. The van der Waals surface area contributed by atoms with Gasteiger partial charge in [0.25, 0.3) is 0 Å². The minimum atomic E-state index is 0.185. The first-order valence-corrected chi connectivity index (χ1v) is 5.66. The topological polar surface area (TPSA) is 28.7 Å². The number of aromatic nitrogens is 2. The van der Waals surface area contributed by atoms with Crippen molar-refractivity contribution in [3.8, 4) is 11.3 Å². The number of hydrogen-bond acceptors (Lipinski definition) is 1. The van der Waals surface area contributed by atoms with Crippen molar-refractivity contribution in [1.29, 1.82) is 0 Å². The number of halogens is 1. The number of nitrogens with zero attached hydrogens (tertiary/aromatic N) is 1. The molecule has 0 aliphatic rings. The molecule has 0 saturated heterocycles. The maximum Gasteiger partial charge on any atom is 0.200 e. The monoisotopic (exact) mass is 234 g/mol. The molecule has 0 bridgehead atoms. The van der Waals surface area contributed by atoms with Gasteiger partial charge in [-0.15, -0.1) is 0 Å². The molecule has 2 aromatic rings. The van der Waals surface area contributed by atoms with E-state index in [1.165, 1.54) is 5.56 Å². The van der Waals surface area contributed by atoms with E-state index in [2.05, 4.69) is 55.0 Å². The molecular weight excluding hydrogens is 220 g/mol. The highest BCUT2D eigenvalue weighted by Gasteiger charge is 2.13. The Labute approximate surface area is 101 Å². The number of hydrogen-bond donors (Lipinski definition) is 1. The summed E-state index contributed by atoms with van der Waals surface area (Å²) in [5.74, 6) is 0. The van der Waals surface area contributed by atoms with Gasteiger partial charge in [0.15, 0.2) is 5.28 Å². The molecule has 0 unspecified atom stereocenters. The average Bonchev–Trinajstić information content (AvgIpc) is 2.64. The third kappa shape index (κ3) is 2.27. The summed E-state index contributed by atoms with van der Waals surface area (Å²) in [5.41, 5.74) is 3.56. The predicted molar refractivity (Wildman–Crippen MR) is 67.7 cm³/mol. The lowest BCUT2D eigenvalue weighted by Gasteiger charge is -2.18. The van der Waals surface area contributed by atoms with Crippen LogP contribution in [0, 0.1) is 0 Å². The fourth-order valence-electron chi connectivity index (χ4n) is 1.59. The Bertz CT molecular complexity index is 477. The van der Waals surface area contributed by atoms with Gasteiger partial charge in [0, 0.05) is 0 Å². The van der Waals surface area contributed by atoms with E-state index in [1.54, 1.807) is 6.20 Å². The molecule has 0 aliphatic heterocycles. The van der Waals surface area contributed by atoms with E-state index < -0.39 is 0 Å². The van der Waals surface area contributed by atoms with Crippen molar-refractivity contribution in [1.82, 2.24) is 9.97 Å². The van der Waals surface area contributed by atoms with E-state index in [0.717, 1.165) is 11.3 Å². The van der Waals surface area contributed by atoms with Gasteiger partial charge in [-0.2, -0.15) is 0 Å². The summed E-state index contributed by atoms with van der Waals surface area (Å²) in [6, 6.07) is 8.46. The molecule has 0 fully saturated rings. The van der Waals surface area contributed by atoms with Crippen LogP contribution in [0.2, 0.25) is 5.28 Å². The van der Waals surface area contributed by atoms with Crippen molar-refractivity contribution >= 4 is 11.6 Å². The second-order valence-corrected chi connectivity index (χ2v) is 5.27. The number of benzene rings is 1. The highest BCUT2D eigenvalue weighted by atomic mass is 35.5. The summed E-state index contributed by atoms with van der Waals surface area (Å²) in [5, 5.41) is 0.426. The van der Waals surface area contributed by atoms with E-state index in [9.17, 15) is 0 Å². The van der Waals surface area contributed by atoms with Crippen molar-refractivity contribution in [2.24, 2.45) is 0 Å².